The Bertz CT molecular complexity index is 1670. The van der Waals surface area contributed by atoms with Crippen molar-refractivity contribution < 1.29 is 37.0 Å². The van der Waals surface area contributed by atoms with Crippen LogP contribution in [0.2, 0.25) is 0 Å². The molecule has 0 amide bonds. The number of nitrogens with zero attached hydrogens (tertiary/aromatic N) is 8. The molecule has 0 unspecified atom stereocenters. The van der Waals surface area contributed by atoms with Crippen LogP contribution >= 0.6 is 0 Å². The van der Waals surface area contributed by atoms with Gasteiger partial charge < -0.3 is 24.0 Å². The van der Waals surface area contributed by atoms with Gasteiger partial charge in [0.2, 0.25) is 17.1 Å². The number of esters is 2. The summed E-state index contributed by atoms with van der Waals surface area (Å²) < 4.78 is 59.6. The monoisotopic (exact) mass is 584 g/mol. The van der Waals surface area contributed by atoms with Crippen LogP contribution in [-0.4, -0.2) is 74.3 Å². The van der Waals surface area contributed by atoms with Gasteiger partial charge in [0.15, 0.2) is 5.82 Å². The van der Waals surface area contributed by atoms with E-state index in [4.69, 9.17) is 14.2 Å². The highest BCUT2D eigenvalue weighted by Gasteiger charge is 2.40. The third kappa shape index (κ3) is 5.29. The summed E-state index contributed by atoms with van der Waals surface area (Å²) in [6.45, 7) is 2.04. The molecule has 0 atom stereocenters. The van der Waals surface area contributed by atoms with Crippen molar-refractivity contribution in [2.75, 3.05) is 42.6 Å². The zero-order valence-corrected chi connectivity index (χ0v) is 22.1. The lowest BCUT2D eigenvalue weighted by molar-refractivity contribution is -0.146. The average Bonchev–Trinajstić information content (AvgIpc) is 3.58. The number of anilines is 2. The van der Waals surface area contributed by atoms with Crippen LogP contribution in [0.25, 0.3) is 5.65 Å². The van der Waals surface area contributed by atoms with E-state index in [2.05, 4.69) is 25.3 Å². The molecule has 218 valence electrons. The van der Waals surface area contributed by atoms with Gasteiger partial charge in [0.25, 0.3) is 5.82 Å². The van der Waals surface area contributed by atoms with E-state index in [0.29, 0.717) is 43.7 Å². The first-order chi connectivity index (χ1) is 20.2. The predicted molar refractivity (Wildman–Crippen MR) is 139 cm³/mol. The molecule has 1 saturated heterocycles. The second-order valence-corrected chi connectivity index (χ2v) is 9.43. The maximum atomic E-state index is 13.7. The summed E-state index contributed by atoms with van der Waals surface area (Å²) in [4.78, 5) is 28.2. The molecule has 1 aromatic carbocycles. The number of carbonyl (C=O) groups is 2. The summed E-state index contributed by atoms with van der Waals surface area (Å²) in [7, 11) is 1.88. The SMILES string of the molecule is Cn1nccc1CCOc1ccc(N2CCN(c3nn4c(C(F)(F)F)nnc4c4c3OC(=O)/C=C/C(=O)O4)CC2)cc1. The highest BCUT2D eigenvalue weighted by Crippen LogP contribution is 2.42. The lowest BCUT2D eigenvalue weighted by Gasteiger charge is -2.37. The van der Waals surface area contributed by atoms with E-state index in [1.807, 2.05) is 37.4 Å². The number of carbonyl (C=O) groups excluding carboxylic acids is 2. The highest BCUT2D eigenvalue weighted by atomic mass is 19.4. The molecule has 0 saturated carbocycles. The van der Waals surface area contributed by atoms with Gasteiger partial charge in [-0.05, 0) is 30.3 Å². The van der Waals surface area contributed by atoms with Crippen LogP contribution in [0.15, 0.2) is 48.7 Å². The van der Waals surface area contributed by atoms with Crippen molar-refractivity contribution in [3.05, 3.63) is 60.2 Å². The lowest BCUT2D eigenvalue weighted by Crippen LogP contribution is -2.47. The number of fused-ring (bicyclic) bond motifs is 3. The van der Waals surface area contributed by atoms with Crippen LogP contribution in [0.1, 0.15) is 11.5 Å². The van der Waals surface area contributed by atoms with E-state index < -0.39 is 35.3 Å². The zero-order chi connectivity index (χ0) is 29.4. The number of alkyl halides is 3. The molecule has 13 nitrogen and oxygen atoms in total. The summed E-state index contributed by atoms with van der Waals surface area (Å²) in [6.07, 6.45) is -0.780. The molecule has 0 N–H and O–H groups in total. The zero-order valence-electron chi connectivity index (χ0n) is 22.1. The number of ether oxygens (including phenoxy) is 3. The first kappa shape index (κ1) is 27.0. The van der Waals surface area contributed by atoms with Crippen molar-refractivity contribution >= 4 is 29.1 Å². The number of piperazine rings is 1. The van der Waals surface area contributed by atoms with Gasteiger partial charge in [0, 0.05) is 69.4 Å². The second kappa shape index (κ2) is 10.7. The third-order valence-electron chi connectivity index (χ3n) is 6.79. The highest BCUT2D eigenvalue weighted by molar-refractivity contribution is 5.97. The minimum absolute atomic E-state index is 0.115. The number of halogens is 3. The van der Waals surface area contributed by atoms with E-state index in [9.17, 15) is 22.8 Å². The molecule has 2 aliphatic heterocycles. The van der Waals surface area contributed by atoms with E-state index in [1.54, 1.807) is 15.8 Å². The fraction of sp³-hybridized carbons (Fsp3) is 0.308. The van der Waals surface area contributed by atoms with Crippen molar-refractivity contribution in [3.8, 4) is 17.2 Å². The van der Waals surface area contributed by atoms with Gasteiger partial charge in [-0.2, -0.15) is 22.8 Å². The summed E-state index contributed by atoms with van der Waals surface area (Å²) in [5.41, 5.74) is 1.48. The Kier molecular flexibility index (Phi) is 6.88. The smallest absolute Gasteiger partial charge is 0.453 e. The van der Waals surface area contributed by atoms with E-state index in [1.165, 1.54) is 0 Å². The van der Waals surface area contributed by atoms with Crippen LogP contribution in [-0.2, 0) is 29.2 Å². The van der Waals surface area contributed by atoms with Crippen molar-refractivity contribution in [2.24, 2.45) is 7.05 Å². The van der Waals surface area contributed by atoms with Gasteiger partial charge in [-0.1, -0.05) is 0 Å². The fourth-order valence-electron chi connectivity index (χ4n) is 4.68. The molecule has 0 radical (unpaired) electrons. The van der Waals surface area contributed by atoms with E-state index in [0.717, 1.165) is 29.3 Å². The van der Waals surface area contributed by atoms with Gasteiger partial charge in [0.05, 0.1) is 6.61 Å². The van der Waals surface area contributed by atoms with Crippen LogP contribution in [0.4, 0.5) is 24.7 Å². The Labute approximate surface area is 235 Å². The predicted octanol–water partition coefficient (Wildman–Crippen LogP) is 2.21. The van der Waals surface area contributed by atoms with Crippen LogP contribution in [0.3, 0.4) is 0 Å². The molecule has 0 aliphatic carbocycles. The van der Waals surface area contributed by atoms with Crippen molar-refractivity contribution in [2.45, 2.75) is 12.6 Å². The number of rotatable bonds is 6. The minimum Gasteiger partial charge on any atom is -0.493 e. The summed E-state index contributed by atoms with van der Waals surface area (Å²) in [6, 6.07) is 9.53. The summed E-state index contributed by atoms with van der Waals surface area (Å²) in [5.74, 6) is -3.51. The number of hydrogen-bond acceptors (Lipinski definition) is 11. The lowest BCUT2D eigenvalue weighted by atomic mass is 10.2. The molecule has 42 heavy (non-hydrogen) atoms. The third-order valence-corrected chi connectivity index (χ3v) is 6.79. The molecule has 5 heterocycles. The summed E-state index contributed by atoms with van der Waals surface area (Å²) in [5, 5.41) is 14.9. The van der Waals surface area contributed by atoms with Gasteiger partial charge in [0.1, 0.15) is 5.75 Å². The van der Waals surface area contributed by atoms with Crippen molar-refractivity contribution in [3.63, 3.8) is 0 Å². The van der Waals surface area contributed by atoms with Crippen LogP contribution in [0, 0.1) is 0 Å². The van der Waals surface area contributed by atoms with Gasteiger partial charge in [-0.25, -0.2) is 9.59 Å². The Hall–Kier alpha value is -5.15. The number of aromatic nitrogens is 6. The van der Waals surface area contributed by atoms with E-state index in [-0.39, 0.29) is 11.6 Å². The Morgan fingerprint density at radius 2 is 1.57 bits per heavy atom. The minimum atomic E-state index is -4.90. The Morgan fingerprint density at radius 3 is 2.21 bits per heavy atom. The summed E-state index contributed by atoms with van der Waals surface area (Å²) >= 11 is 0. The molecule has 16 heteroatoms. The fourth-order valence-corrected chi connectivity index (χ4v) is 4.68. The number of aryl methyl sites for hydroxylation is 1. The van der Waals surface area contributed by atoms with Gasteiger partial charge in [-0.3, -0.25) is 4.68 Å². The quantitative estimate of drug-likeness (QED) is 0.309. The maximum Gasteiger partial charge on any atom is 0.453 e. The molecule has 1 fully saturated rings. The number of hydrogen-bond donors (Lipinski definition) is 0. The van der Waals surface area contributed by atoms with Crippen molar-refractivity contribution in [1.82, 2.24) is 29.6 Å². The topological polar surface area (TPSA) is 129 Å². The molecular weight excluding hydrogens is 561 g/mol. The van der Waals surface area contributed by atoms with Crippen LogP contribution in [0.5, 0.6) is 17.2 Å². The normalized spacial score (nSPS) is 16.5. The van der Waals surface area contributed by atoms with Crippen molar-refractivity contribution in [1.29, 1.82) is 0 Å². The first-order valence-electron chi connectivity index (χ1n) is 12.9. The average molecular weight is 585 g/mol. The Balaban J connectivity index is 1.20. The largest absolute Gasteiger partial charge is 0.493 e. The first-order valence-corrected chi connectivity index (χ1v) is 12.9. The van der Waals surface area contributed by atoms with Gasteiger partial charge in [-0.15, -0.1) is 15.3 Å². The molecule has 4 aromatic rings. The maximum absolute atomic E-state index is 13.7. The Morgan fingerprint density at radius 1 is 0.905 bits per heavy atom. The molecule has 2 aliphatic rings. The standard InChI is InChI=1S/C26H23F3N8O5/c1-34-16(8-10-30-34)9-15-40-18-4-2-17(3-5-18)35-11-13-36(14-12-35)24-22-21(41-19(38)6-7-20(39)42-22)23-31-32-25(26(27,28)29)37(23)33-24/h2-8,10H,9,11-15H2,1H3/b7-6+. The second-order valence-electron chi connectivity index (χ2n) is 9.43. The molecular formula is C26H23F3N8O5. The molecule has 6 rings (SSSR count). The van der Waals surface area contributed by atoms with Crippen LogP contribution < -0.4 is 24.0 Å². The van der Waals surface area contributed by atoms with Gasteiger partial charge >= 0.3 is 18.1 Å². The molecule has 3 aromatic heterocycles. The number of benzene rings is 1. The molecule has 0 bridgehead atoms. The van der Waals surface area contributed by atoms with E-state index >= 15 is 0 Å². The molecule has 0 spiro atoms.